The third kappa shape index (κ3) is 4.09. The number of fused-ring (bicyclic) bond motifs is 1. The predicted molar refractivity (Wildman–Crippen MR) is 137 cm³/mol. The summed E-state index contributed by atoms with van der Waals surface area (Å²) in [5.74, 6) is 1.51. The number of carbonyl (C=O) groups is 1. The van der Waals surface area contributed by atoms with E-state index in [1.807, 2.05) is 26.0 Å². The Bertz CT molecular complexity index is 1530. The van der Waals surface area contributed by atoms with Crippen LogP contribution in [0.2, 0.25) is 0 Å². The number of aryl methyl sites for hydroxylation is 3. The van der Waals surface area contributed by atoms with Gasteiger partial charge in [-0.15, -0.1) is 0 Å². The van der Waals surface area contributed by atoms with Gasteiger partial charge < -0.3 is 18.6 Å². The molecule has 0 spiro atoms. The Kier molecular flexibility index (Phi) is 5.15. The van der Waals surface area contributed by atoms with Crippen molar-refractivity contribution in [2.45, 2.75) is 64.1 Å². The van der Waals surface area contributed by atoms with Gasteiger partial charge in [0.15, 0.2) is 0 Å². The van der Waals surface area contributed by atoms with Gasteiger partial charge in [0.05, 0.1) is 45.4 Å². The molecule has 6 rings (SSSR count). The first-order valence-electron chi connectivity index (χ1n) is 14.2. The van der Waals surface area contributed by atoms with E-state index in [1.165, 1.54) is 0 Å². The number of amides is 1. The topological polar surface area (TPSA) is 100 Å². The SMILES string of the molecule is [2H]C([2H])([2H])OC1CCC(n2c([C@@H]3CCOC(=O)N3c3cnn(C)c3)nc3cc(-c4c(C)noc4C)ccc32)CC1. The number of benzene rings is 1. The van der Waals surface area contributed by atoms with Crippen molar-refractivity contribution in [3.8, 4) is 11.1 Å². The minimum absolute atomic E-state index is 0.0649. The van der Waals surface area contributed by atoms with E-state index >= 15 is 0 Å². The highest BCUT2D eigenvalue weighted by atomic mass is 16.6. The van der Waals surface area contributed by atoms with Gasteiger partial charge in [0.2, 0.25) is 0 Å². The summed E-state index contributed by atoms with van der Waals surface area (Å²) < 4.78 is 42.6. The van der Waals surface area contributed by atoms with Crippen molar-refractivity contribution >= 4 is 22.8 Å². The maximum Gasteiger partial charge on any atom is 0.415 e. The summed E-state index contributed by atoms with van der Waals surface area (Å²) in [6, 6.07) is 5.86. The largest absolute Gasteiger partial charge is 0.449 e. The number of rotatable bonds is 5. The van der Waals surface area contributed by atoms with E-state index in [4.69, 9.17) is 23.1 Å². The molecule has 1 atom stereocenters. The quantitative estimate of drug-likeness (QED) is 0.363. The van der Waals surface area contributed by atoms with Crippen molar-refractivity contribution < 1.29 is 22.9 Å². The fraction of sp³-hybridized carbons (Fsp3) is 0.481. The molecule has 1 aliphatic carbocycles. The zero-order valence-corrected chi connectivity index (χ0v) is 21.2. The first-order chi connectivity index (χ1) is 19.1. The lowest BCUT2D eigenvalue weighted by molar-refractivity contribution is 0.0582. The maximum atomic E-state index is 13.1. The van der Waals surface area contributed by atoms with E-state index in [2.05, 4.69) is 20.9 Å². The minimum Gasteiger partial charge on any atom is -0.449 e. The lowest BCUT2D eigenvalue weighted by atomic mass is 9.92. The zero-order valence-electron chi connectivity index (χ0n) is 24.2. The van der Waals surface area contributed by atoms with Gasteiger partial charge >= 0.3 is 6.09 Å². The van der Waals surface area contributed by atoms with Crippen LogP contribution in [0.3, 0.4) is 0 Å². The Labute approximate surface area is 219 Å². The van der Waals surface area contributed by atoms with Gasteiger partial charge in [-0.05, 0) is 57.2 Å². The lowest BCUT2D eigenvalue weighted by Crippen LogP contribution is -2.42. The Morgan fingerprint density at radius 2 is 2.00 bits per heavy atom. The van der Waals surface area contributed by atoms with Gasteiger partial charge in [0.1, 0.15) is 17.6 Å². The number of cyclic esters (lactones) is 1. The van der Waals surface area contributed by atoms with Crippen LogP contribution >= 0.6 is 0 Å². The zero-order chi connectivity index (χ0) is 28.2. The average molecular weight is 508 g/mol. The van der Waals surface area contributed by atoms with E-state index in [-0.39, 0.29) is 24.8 Å². The van der Waals surface area contributed by atoms with Crippen molar-refractivity contribution in [1.82, 2.24) is 24.5 Å². The van der Waals surface area contributed by atoms with Crippen LogP contribution in [0.25, 0.3) is 22.2 Å². The molecule has 1 amide bonds. The first kappa shape index (κ1) is 20.4. The molecule has 3 aromatic heterocycles. The van der Waals surface area contributed by atoms with E-state index in [1.54, 1.807) is 29.0 Å². The second-order valence-electron chi connectivity index (χ2n) is 9.95. The van der Waals surface area contributed by atoms with E-state index < -0.39 is 13.1 Å². The highest BCUT2D eigenvalue weighted by Crippen LogP contribution is 2.40. The molecule has 2 aliphatic rings. The summed E-state index contributed by atoms with van der Waals surface area (Å²) in [6.45, 7) is 4.09. The van der Waals surface area contributed by atoms with Crippen molar-refractivity contribution in [1.29, 1.82) is 0 Å². The standard InChI is InChI=1S/C27H32N6O4/c1-16-25(17(2)37-30-16)18-5-10-23-22(13-18)29-26(32(23)19-6-8-21(35-4)9-7-19)24-11-12-36-27(34)33(24)20-14-28-31(3)15-20/h5,10,13-15,19,21,24H,6-9,11-12H2,1-4H3/t19?,21?,24-/m0/s1/i4D3. The smallest absolute Gasteiger partial charge is 0.415 e. The number of nitrogens with zero attached hydrogens (tertiary/aromatic N) is 6. The predicted octanol–water partition coefficient (Wildman–Crippen LogP) is 5.26. The van der Waals surface area contributed by atoms with Crippen LogP contribution in [-0.4, -0.2) is 50.3 Å². The average Bonchev–Trinajstić information content (AvgIpc) is 3.59. The number of imidazole rings is 1. The summed E-state index contributed by atoms with van der Waals surface area (Å²) in [5.41, 5.74) is 5.11. The Morgan fingerprint density at radius 1 is 1.16 bits per heavy atom. The number of carbonyl (C=O) groups excluding carboxylic acids is 1. The van der Waals surface area contributed by atoms with Gasteiger partial charge in [-0.3, -0.25) is 9.58 Å². The molecule has 1 aliphatic heterocycles. The molecular formula is C27H32N6O4. The van der Waals surface area contributed by atoms with E-state index in [0.29, 0.717) is 24.9 Å². The molecule has 0 radical (unpaired) electrons. The monoisotopic (exact) mass is 507 g/mol. The maximum absolute atomic E-state index is 13.1. The summed E-state index contributed by atoms with van der Waals surface area (Å²) >= 11 is 0. The number of aromatic nitrogens is 5. The van der Waals surface area contributed by atoms with Crippen LogP contribution in [0, 0.1) is 13.8 Å². The summed E-state index contributed by atoms with van der Waals surface area (Å²) in [4.78, 5) is 19.9. The Balaban J connectivity index is 1.44. The number of methoxy groups -OCH3 is 1. The molecular weight excluding hydrogens is 472 g/mol. The highest BCUT2D eigenvalue weighted by Gasteiger charge is 2.38. The second-order valence-corrected chi connectivity index (χ2v) is 9.95. The number of anilines is 1. The lowest BCUT2D eigenvalue weighted by Gasteiger charge is -2.36. The second kappa shape index (κ2) is 9.33. The normalized spacial score (nSPS) is 24.1. The van der Waals surface area contributed by atoms with Crippen molar-refractivity contribution in [2.24, 2.45) is 7.05 Å². The number of ether oxygens (including phenoxy) is 2. The molecule has 1 saturated carbocycles. The number of hydrogen-bond acceptors (Lipinski definition) is 7. The van der Waals surface area contributed by atoms with Gasteiger partial charge in [-0.25, -0.2) is 9.78 Å². The van der Waals surface area contributed by atoms with Crippen molar-refractivity contribution in [2.75, 3.05) is 18.5 Å². The van der Waals surface area contributed by atoms with Crippen LogP contribution in [-0.2, 0) is 16.5 Å². The van der Waals surface area contributed by atoms with Gasteiger partial charge in [0, 0.05) is 38.3 Å². The molecule has 2 fully saturated rings. The molecule has 10 nitrogen and oxygen atoms in total. The van der Waals surface area contributed by atoms with Crippen LogP contribution < -0.4 is 4.90 Å². The van der Waals surface area contributed by atoms with E-state index in [0.717, 1.165) is 52.3 Å². The molecule has 37 heavy (non-hydrogen) atoms. The van der Waals surface area contributed by atoms with Crippen molar-refractivity contribution in [3.63, 3.8) is 0 Å². The summed E-state index contributed by atoms with van der Waals surface area (Å²) in [5, 5.41) is 8.38. The molecule has 0 unspecified atom stereocenters. The summed E-state index contributed by atoms with van der Waals surface area (Å²) in [6.07, 6.45) is 5.97. The molecule has 194 valence electrons. The third-order valence-corrected chi connectivity index (χ3v) is 7.61. The van der Waals surface area contributed by atoms with Crippen molar-refractivity contribution in [3.05, 3.63) is 47.9 Å². The Hall–Kier alpha value is -3.66. The molecule has 1 saturated heterocycles. The van der Waals surface area contributed by atoms with Gasteiger partial charge in [0.25, 0.3) is 0 Å². The van der Waals surface area contributed by atoms with Crippen LogP contribution in [0.1, 0.15) is 65.6 Å². The fourth-order valence-corrected chi connectivity index (χ4v) is 5.85. The molecule has 10 heteroatoms. The molecule has 1 aromatic carbocycles. The minimum atomic E-state index is -2.41. The first-order valence-corrected chi connectivity index (χ1v) is 12.7. The van der Waals surface area contributed by atoms with Gasteiger partial charge in [-0.1, -0.05) is 11.2 Å². The fourth-order valence-electron chi connectivity index (χ4n) is 5.85. The Morgan fingerprint density at radius 3 is 2.70 bits per heavy atom. The van der Waals surface area contributed by atoms with Crippen LogP contribution in [0.15, 0.2) is 35.1 Å². The van der Waals surface area contributed by atoms with Crippen LogP contribution in [0.4, 0.5) is 10.5 Å². The highest BCUT2D eigenvalue weighted by molar-refractivity contribution is 5.89. The number of hydrogen-bond donors (Lipinski definition) is 0. The molecule has 4 heterocycles. The molecule has 4 aromatic rings. The van der Waals surface area contributed by atoms with E-state index in [9.17, 15) is 4.79 Å². The third-order valence-electron chi connectivity index (χ3n) is 7.61. The summed E-state index contributed by atoms with van der Waals surface area (Å²) in [7, 11) is -0.606. The van der Waals surface area contributed by atoms with Gasteiger partial charge in [-0.2, -0.15) is 5.10 Å². The van der Waals surface area contributed by atoms with Crippen LogP contribution in [0.5, 0.6) is 0 Å². The molecule has 0 N–H and O–H groups in total. The molecule has 0 bridgehead atoms.